The number of hydrogen-bond donors (Lipinski definition) is 0. The lowest BCUT2D eigenvalue weighted by atomic mass is 9.99. The van der Waals surface area contributed by atoms with Gasteiger partial charge in [0.25, 0.3) is 0 Å². The van der Waals surface area contributed by atoms with Gasteiger partial charge in [0.1, 0.15) is 6.07 Å². The number of piperidine rings is 2. The van der Waals surface area contributed by atoms with Gasteiger partial charge in [-0.15, -0.1) is 0 Å². The van der Waals surface area contributed by atoms with E-state index in [4.69, 9.17) is 4.74 Å². The van der Waals surface area contributed by atoms with Crippen molar-refractivity contribution >= 4 is 16.6 Å². The van der Waals surface area contributed by atoms with E-state index in [-0.39, 0.29) is 12.2 Å². The van der Waals surface area contributed by atoms with Crippen LogP contribution < -0.4 is 4.90 Å². The maximum Gasteiger partial charge on any atom is 0.101 e. The number of nitrogens with zero attached hydrogens (tertiary/aromatic N) is 5. The molecule has 2 atom stereocenters. The summed E-state index contributed by atoms with van der Waals surface area (Å²) in [4.78, 5) is 12.3. The van der Waals surface area contributed by atoms with E-state index in [2.05, 4.69) is 44.8 Å². The summed E-state index contributed by atoms with van der Waals surface area (Å²) in [6, 6.07) is 11.1. The second kappa shape index (κ2) is 10.4. The van der Waals surface area contributed by atoms with Crippen LogP contribution >= 0.6 is 0 Å². The first-order valence-electron chi connectivity index (χ1n) is 12.9. The van der Waals surface area contributed by atoms with Crippen LogP contribution in [0.5, 0.6) is 0 Å². The average Bonchev–Trinajstić information content (AvgIpc) is 3.05. The van der Waals surface area contributed by atoms with Crippen molar-refractivity contribution in [1.29, 1.82) is 5.26 Å². The van der Waals surface area contributed by atoms with Gasteiger partial charge in [0.15, 0.2) is 0 Å². The van der Waals surface area contributed by atoms with Crippen molar-refractivity contribution in [2.45, 2.75) is 63.7 Å². The Balaban J connectivity index is 1.26. The molecule has 5 rings (SSSR count). The van der Waals surface area contributed by atoms with Gasteiger partial charge in [-0.3, -0.25) is 4.98 Å². The third kappa shape index (κ3) is 5.16. The van der Waals surface area contributed by atoms with Crippen molar-refractivity contribution in [3.8, 4) is 6.07 Å². The maximum absolute atomic E-state index is 9.51. The predicted molar refractivity (Wildman–Crippen MR) is 133 cm³/mol. The summed E-state index contributed by atoms with van der Waals surface area (Å²) >= 11 is 0. The minimum atomic E-state index is 0.191. The Hall–Kier alpha value is -2.20. The van der Waals surface area contributed by atoms with Gasteiger partial charge in [0.2, 0.25) is 0 Å². The molecule has 3 aliphatic rings. The first-order valence-corrected chi connectivity index (χ1v) is 12.9. The molecule has 0 aliphatic carbocycles. The molecule has 2 aromatic rings. The summed E-state index contributed by atoms with van der Waals surface area (Å²) < 4.78 is 6.50. The van der Waals surface area contributed by atoms with E-state index >= 15 is 0 Å². The van der Waals surface area contributed by atoms with Crippen LogP contribution in [0.2, 0.25) is 0 Å². The summed E-state index contributed by atoms with van der Waals surface area (Å²) in [5.41, 5.74) is 2.61. The van der Waals surface area contributed by atoms with Crippen LogP contribution in [0.4, 0.5) is 5.69 Å². The summed E-state index contributed by atoms with van der Waals surface area (Å²) in [7, 11) is 0. The lowest BCUT2D eigenvalue weighted by Crippen LogP contribution is -2.49. The monoisotopic (exact) mass is 447 g/mol. The normalized spacial score (nSPS) is 26.2. The van der Waals surface area contributed by atoms with Crippen molar-refractivity contribution in [1.82, 2.24) is 14.8 Å². The molecule has 3 saturated heterocycles. The van der Waals surface area contributed by atoms with Crippen molar-refractivity contribution in [3.05, 3.63) is 36.0 Å². The minimum absolute atomic E-state index is 0.191. The van der Waals surface area contributed by atoms with Gasteiger partial charge in [-0.25, -0.2) is 0 Å². The Labute approximate surface area is 198 Å². The minimum Gasteiger partial charge on any atom is -0.372 e. The Bertz CT molecular complexity index is 974. The SMILES string of the molecule is C[C@@H]1CCN(c2ccc(C#N)c3ncccc23)C[C@H](CN2CCC(N3CCCCC3)CC2)O1. The van der Waals surface area contributed by atoms with Gasteiger partial charge in [-0.1, -0.05) is 6.42 Å². The lowest BCUT2D eigenvalue weighted by molar-refractivity contribution is -0.0164. The number of benzene rings is 1. The zero-order valence-corrected chi connectivity index (χ0v) is 20.0. The predicted octanol–water partition coefficient (Wildman–Crippen LogP) is 4.04. The molecule has 0 N–H and O–H groups in total. The smallest absolute Gasteiger partial charge is 0.101 e. The fraction of sp³-hybridized carbons (Fsp3) is 0.630. The third-order valence-electron chi connectivity index (χ3n) is 7.79. The van der Waals surface area contributed by atoms with Crippen LogP contribution in [0.3, 0.4) is 0 Å². The Morgan fingerprint density at radius 1 is 1.03 bits per heavy atom. The first kappa shape index (κ1) is 22.6. The van der Waals surface area contributed by atoms with Crippen LogP contribution in [0, 0.1) is 11.3 Å². The molecule has 6 heteroatoms. The highest BCUT2D eigenvalue weighted by Crippen LogP contribution is 2.30. The second-order valence-corrected chi connectivity index (χ2v) is 10.1. The number of hydrogen-bond acceptors (Lipinski definition) is 6. The molecule has 0 radical (unpaired) electrons. The third-order valence-corrected chi connectivity index (χ3v) is 7.79. The van der Waals surface area contributed by atoms with E-state index in [1.807, 2.05) is 12.1 Å². The zero-order chi connectivity index (χ0) is 22.6. The number of ether oxygens (including phenoxy) is 1. The van der Waals surface area contributed by atoms with E-state index in [9.17, 15) is 5.26 Å². The maximum atomic E-state index is 9.51. The highest BCUT2D eigenvalue weighted by molar-refractivity contribution is 5.95. The van der Waals surface area contributed by atoms with E-state index in [0.29, 0.717) is 5.56 Å². The van der Waals surface area contributed by atoms with Gasteiger partial charge in [-0.2, -0.15) is 5.26 Å². The Kier molecular flexibility index (Phi) is 7.10. The van der Waals surface area contributed by atoms with E-state index in [1.54, 1.807) is 6.20 Å². The molecule has 176 valence electrons. The Morgan fingerprint density at radius 2 is 1.85 bits per heavy atom. The van der Waals surface area contributed by atoms with E-state index in [1.165, 1.54) is 64.0 Å². The molecule has 1 aromatic heterocycles. The van der Waals surface area contributed by atoms with Crippen LogP contribution in [0.15, 0.2) is 30.5 Å². The quantitative estimate of drug-likeness (QED) is 0.705. The average molecular weight is 448 g/mol. The molecule has 6 nitrogen and oxygen atoms in total. The summed E-state index contributed by atoms with van der Waals surface area (Å²) in [6.45, 7) is 10.0. The van der Waals surface area contributed by atoms with Gasteiger partial charge >= 0.3 is 0 Å². The van der Waals surface area contributed by atoms with Crippen molar-refractivity contribution in [2.24, 2.45) is 0 Å². The van der Waals surface area contributed by atoms with Gasteiger partial charge in [-0.05, 0) is 89.5 Å². The fourth-order valence-electron chi connectivity index (χ4n) is 6.00. The number of anilines is 1. The molecule has 0 amide bonds. The van der Waals surface area contributed by atoms with Gasteiger partial charge < -0.3 is 19.4 Å². The highest BCUT2D eigenvalue weighted by Gasteiger charge is 2.29. The summed E-state index contributed by atoms with van der Waals surface area (Å²) in [6.07, 6.45) is 9.98. The standard InChI is InChI=1S/C27H37N5O/c1-21-9-17-32(26-8-7-22(18-28)27-25(26)6-5-12-29-27)20-24(33-21)19-30-15-10-23(11-16-30)31-13-3-2-4-14-31/h5-8,12,21,23-24H,2-4,9-11,13-17,19-20H2,1H3/t21-,24+/m1/s1. The van der Waals surface area contributed by atoms with Crippen molar-refractivity contribution in [3.63, 3.8) is 0 Å². The molecule has 3 aliphatic heterocycles. The number of pyridine rings is 1. The number of rotatable bonds is 4. The molecule has 3 fully saturated rings. The largest absolute Gasteiger partial charge is 0.372 e. The number of fused-ring (bicyclic) bond motifs is 1. The van der Waals surface area contributed by atoms with E-state index < -0.39 is 0 Å². The van der Waals surface area contributed by atoms with Crippen LogP contribution in [0.25, 0.3) is 10.9 Å². The highest BCUT2D eigenvalue weighted by atomic mass is 16.5. The van der Waals surface area contributed by atoms with E-state index in [0.717, 1.165) is 43.0 Å². The molecule has 0 bridgehead atoms. The van der Waals surface area contributed by atoms with Crippen LogP contribution in [0.1, 0.15) is 51.0 Å². The number of nitriles is 1. The molecule has 1 aromatic carbocycles. The zero-order valence-electron chi connectivity index (χ0n) is 20.0. The first-order chi connectivity index (χ1) is 16.2. The fourth-order valence-corrected chi connectivity index (χ4v) is 6.00. The summed E-state index contributed by atoms with van der Waals surface area (Å²) in [5, 5.41) is 10.6. The molecular formula is C27H37N5O. The topological polar surface area (TPSA) is 55.6 Å². The molecule has 0 spiro atoms. The molecule has 0 saturated carbocycles. The van der Waals surface area contributed by atoms with Gasteiger partial charge in [0, 0.05) is 42.9 Å². The molecule has 0 unspecified atom stereocenters. The Morgan fingerprint density at radius 3 is 2.64 bits per heavy atom. The van der Waals surface area contributed by atoms with Crippen LogP contribution in [-0.2, 0) is 4.74 Å². The number of aromatic nitrogens is 1. The lowest BCUT2D eigenvalue weighted by Gasteiger charge is -2.41. The summed E-state index contributed by atoms with van der Waals surface area (Å²) in [5.74, 6) is 0. The van der Waals surface area contributed by atoms with Crippen molar-refractivity contribution in [2.75, 3.05) is 50.7 Å². The van der Waals surface area contributed by atoms with Crippen LogP contribution in [-0.4, -0.2) is 78.8 Å². The van der Waals surface area contributed by atoms with Gasteiger partial charge in [0.05, 0.1) is 23.3 Å². The molecular weight excluding hydrogens is 410 g/mol. The molecule has 33 heavy (non-hydrogen) atoms. The van der Waals surface area contributed by atoms with Crippen molar-refractivity contribution < 1.29 is 4.74 Å². The number of likely N-dealkylation sites (tertiary alicyclic amines) is 2. The second-order valence-electron chi connectivity index (χ2n) is 10.1. The molecule has 4 heterocycles.